The van der Waals surface area contributed by atoms with Gasteiger partial charge < -0.3 is 10.2 Å². The number of fused-ring (bicyclic) bond motifs is 1. The van der Waals surface area contributed by atoms with Gasteiger partial charge in [0.1, 0.15) is 0 Å². The van der Waals surface area contributed by atoms with Crippen LogP contribution in [0.3, 0.4) is 0 Å². The van der Waals surface area contributed by atoms with E-state index in [-0.39, 0.29) is 11.9 Å². The van der Waals surface area contributed by atoms with E-state index in [4.69, 9.17) is 0 Å². The topological polar surface area (TPSA) is 75.4 Å². The van der Waals surface area contributed by atoms with Crippen molar-refractivity contribution < 1.29 is 4.79 Å². The number of amides is 1. The summed E-state index contributed by atoms with van der Waals surface area (Å²) in [7, 11) is 3.51. The highest BCUT2D eigenvalue weighted by Gasteiger charge is 2.23. The first-order valence-electron chi connectivity index (χ1n) is 6.43. The van der Waals surface area contributed by atoms with Crippen LogP contribution in [-0.4, -0.2) is 57.0 Å². The molecule has 108 valence electrons. The van der Waals surface area contributed by atoms with Gasteiger partial charge in [0.25, 0.3) is 0 Å². The number of hydrogen-bond acceptors (Lipinski definition) is 7. The molecular weight excluding hydrogens is 296 g/mol. The Morgan fingerprint density at radius 1 is 1.55 bits per heavy atom. The number of rotatable bonds is 4. The van der Waals surface area contributed by atoms with Gasteiger partial charge in [0, 0.05) is 14.1 Å². The number of aromatic nitrogens is 4. The van der Waals surface area contributed by atoms with Crippen molar-refractivity contribution in [2.24, 2.45) is 0 Å². The first-order valence-corrected chi connectivity index (χ1v) is 8.24. The Hall–Kier alpha value is -1.19. The van der Waals surface area contributed by atoms with Crippen LogP contribution in [0.1, 0.15) is 24.7 Å². The van der Waals surface area contributed by atoms with Crippen LogP contribution in [-0.2, 0) is 4.79 Å². The van der Waals surface area contributed by atoms with Gasteiger partial charge in [-0.05, 0) is 19.4 Å². The fraction of sp³-hybridized carbons (Fsp3) is 0.636. The molecule has 1 fully saturated rings. The van der Waals surface area contributed by atoms with Gasteiger partial charge in [0.15, 0.2) is 10.2 Å². The van der Waals surface area contributed by atoms with Gasteiger partial charge in [-0.1, -0.05) is 23.1 Å². The number of carbonyl (C=O) groups excluding carboxylic acids is 1. The molecule has 9 heteroatoms. The third-order valence-electron chi connectivity index (χ3n) is 3.19. The molecule has 2 aromatic heterocycles. The zero-order valence-electron chi connectivity index (χ0n) is 11.4. The Bertz CT molecular complexity index is 615. The van der Waals surface area contributed by atoms with Crippen LogP contribution >= 0.6 is 23.1 Å². The molecule has 1 amide bonds. The van der Waals surface area contributed by atoms with Crippen molar-refractivity contribution in [2.75, 3.05) is 26.4 Å². The van der Waals surface area contributed by atoms with E-state index >= 15 is 0 Å². The van der Waals surface area contributed by atoms with Gasteiger partial charge in [0.2, 0.25) is 10.9 Å². The monoisotopic (exact) mass is 312 g/mol. The maximum Gasteiger partial charge on any atom is 0.235 e. The molecule has 0 bridgehead atoms. The van der Waals surface area contributed by atoms with Crippen molar-refractivity contribution in [3.8, 4) is 0 Å². The average Bonchev–Trinajstić information content (AvgIpc) is 3.10. The summed E-state index contributed by atoms with van der Waals surface area (Å²) in [6.45, 7) is 1.02. The molecule has 1 aliphatic rings. The van der Waals surface area contributed by atoms with Gasteiger partial charge in [0.05, 0.1) is 11.8 Å². The Morgan fingerprint density at radius 3 is 3.10 bits per heavy atom. The number of nitrogens with one attached hydrogen (secondary N) is 1. The lowest BCUT2D eigenvalue weighted by Gasteiger charge is -2.08. The molecule has 1 saturated heterocycles. The third kappa shape index (κ3) is 2.65. The lowest BCUT2D eigenvalue weighted by molar-refractivity contribution is -0.125. The zero-order chi connectivity index (χ0) is 14.1. The molecule has 0 aliphatic carbocycles. The first kappa shape index (κ1) is 13.8. The predicted octanol–water partition coefficient (Wildman–Crippen LogP) is 0.791. The minimum atomic E-state index is 0.0821. The molecule has 1 unspecified atom stereocenters. The van der Waals surface area contributed by atoms with Gasteiger partial charge in [-0.3, -0.25) is 4.79 Å². The Balaban J connectivity index is 1.75. The van der Waals surface area contributed by atoms with Crippen LogP contribution in [0.2, 0.25) is 0 Å². The molecule has 1 aliphatic heterocycles. The van der Waals surface area contributed by atoms with E-state index < -0.39 is 0 Å². The Labute approximate surface area is 124 Å². The Morgan fingerprint density at radius 2 is 2.40 bits per heavy atom. The van der Waals surface area contributed by atoms with Crippen LogP contribution in [0.4, 0.5) is 0 Å². The minimum Gasteiger partial charge on any atom is -0.348 e. The van der Waals surface area contributed by atoms with Crippen molar-refractivity contribution in [3.63, 3.8) is 0 Å². The van der Waals surface area contributed by atoms with E-state index in [1.165, 1.54) is 23.1 Å². The standard InChI is InChI=1S/C11H16N6OS2/c1-16(2)8(18)6-19-11-15-17-9(7-4-3-5-12-7)13-14-10(17)20-11/h7,12H,3-6H2,1-2H3. The second-order valence-electron chi connectivity index (χ2n) is 4.85. The largest absolute Gasteiger partial charge is 0.348 e. The normalized spacial score (nSPS) is 18.8. The summed E-state index contributed by atoms with van der Waals surface area (Å²) in [6, 6.07) is 0.244. The lowest BCUT2D eigenvalue weighted by atomic mass is 10.2. The van der Waals surface area contributed by atoms with Gasteiger partial charge in [-0.2, -0.15) is 4.52 Å². The highest BCUT2D eigenvalue weighted by Crippen LogP contribution is 2.28. The summed E-state index contributed by atoms with van der Waals surface area (Å²) in [4.78, 5) is 14.0. The minimum absolute atomic E-state index is 0.0821. The smallest absolute Gasteiger partial charge is 0.235 e. The molecule has 0 spiro atoms. The summed E-state index contributed by atoms with van der Waals surface area (Å²) in [5.74, 6) is 1.35. The van der Waals surface area contributed by atoms with Crippen LogP contribution < -0.4 is 5.32 Å². The summed E-state index contributed by atoms with van der Waals surface area (Å²) < 4.78 is 2.65. The number of hydrogen-bond donors (Lipinski definition) is 1. The molecule has 0 saturated carbocycles. The third-order valence-corrected chi connectivity index (χ3v) is 5.20. The average molecular weight is 312 g/mol. The fourth-order valence-electron chi connectivity index (χ4n) is 2.05. The molecule has 2 aromatic rings. The van der Waals surface area contributed by atoms with E-state index in [9.17, 15) is 4.79 Å². The van der Waals surface area contributed by atoms with Gasteiger partial charge in [-0.15, -0.1) is 15.3 Å². The quantitative estimate of drug-likeness (QED) is 0.841. The number of carbonyl (C=O) groups is 1. The molecule has 0 radical (unpaired) electrons. The number of thioether (sulfide) groups is 1. The predicted molar refractivity (Wildman–Crippen MR) is 78.1 cm³/mol. The second-order valence-corrected chi connectivity index (χ2v) is 7.02. The first-order chi connectivity index (χ1) is 9.65. The number of nitrogens with zero attached hydrogens (tertiary/aromatic N) is 5. The summed E-state index contributed by atoms with van der Waals surface area (Å²) in [5, 5.41) is 16.3. The fourth-order valence-corrected chi connectivity index (χ4v) is 3.91. The van der Waals surface area contributed by atoms with Crippen molar-refractivity contribution in [3.05, 3.63) is 5.82 Å². The second kappa shape index (κ2) is 5.66. The van der Waals surface area contributed by atoms with Crippen LogP contribution in [0, 0.1) is 0 Å². The maximum atomic E-state index is 11.6. The molecule has 3 rings (SSSR count). The van der Waals surface area contributed by atoms with Crippen molar-refractivity contribution >= 4 is 34.0 Å². The lowest BCUT2D eigenvalue weighted by Crippen LogP contribution is -2.23. The van der Waals surface area contributed by atoms with Crippen LogP contribution in [0.5, 0.6) is 0 Å². The zero-order valence-corrected chi connectivity index (χ0v) is 13.0. The molecule has 1 atom stereocenters. The molecular formula is C11H16N6OS2. The maximum absolute atomic E-state index is 11.6. The van der Waals surface area contributed by atoms with Crippen molar-refractivity contribution in [1.29, 1.82) is 0 Å². The molecule has 7 nitrogen and oxygen atoms in total. The highest BCUT2D eigenvalue weighted by atomic mass is 32.2. The molecule has 1 N–H and O–H groups in total. The van der Waals surface area contributed by atoms with E-state index in [1.807, 2.05) is 0 Å². The van der Waals surface area contributed by atoms with E-state index in [0.29, 0.717) is 5.75 Å². The van der Waals surface area contributed by atoms with Gasteiger partial charge in [-0.25, -0.2) is 0 Å². The van der Waals surface area contributed by atoms with Crippen molar-refractivity contribution in [1.82, 2.24) is 30.0 Å². The Kier molecular flexibility index (Phi) is 3.90. The summed E-state index contributed by atoms with van der Waals surface area (Å²) in [5.41, 5.74) is 0. The van der Waals surface area contributed by atoms with Gasteiger partial charge >= 0.3 is 0 Å². The SMILES string of the molecule is CN(C)C(=O)CSc1nn2c(C3CCCN3)nnc2s1. The van der Waals surface area contributed by atoms with Crippen LogP contribution in [0.25, 0.3) is 4.96 Å². The summed E-state index contributed by atoms with van der Waals surface area (Å²) in [6.07, 6.45) is 2.22. The van der Waals surface area contributed by atoms with E-state index in [1.54, 1.807) is 23.5 Å². The van der Waals surface area contributed by atoms with E-state index in [0.717, 1.165) is 34.5 Å². The summed E-state index contributed by atoms with van der Waals surface area (Å²) >= 11 is 2.92. The molecule has 3 heterocycles. The molecule has 20 heavy (non-hydrogen) atoms. The van der Waals surface area contributed by atoms with Crippen LogP contribution in [0.15, 0.2) is 4.34 Å². The van der Waals surface area contributed by atoms with E-state index in [2.05, 4.69) is 20.6 Å². The van der Waals surface area contributed by atoms with Crippen molar-refractivity contribution in [2.45, 2.75) is 23.2 Å². The molecule has 0 aromatic carbocycles. The highest BCUT2D eigenvalue weighted by molar-refractivity contribution is 8.01.